The molecule has 18 heteroatoms. The highest BCUT2D eigenvalue weighted by Crippen LogP contribution is 2.33. The van der Waals surface area contributed by atoms with Gasteiger partial charge in [0.2, 0.25) is 11.6 Å². The second-order valence-electron chi connectivity index (χ2n) is 15.2. The Balaban J connectivity index is 0.000000218. The number of nitrogens with zero attached hydrogens (tertiary/aromatic N) is 7. The van der Waals surface area contributed by atoms with E-state index in [1.54, 1.807) is 55.0 Å². The minimum absolute atomic E-state index is 0. The lowest BCUT2D eigenvalue weighted by molar-refractivity contribution is 0.0168. The first kappa shape index (κ1) is 52.5. The number of hydrogen-bond acceptors (Lipinski definition) is 9. The molecule has 5 heterocycles. The SMILES string of the molecule is C.CC(F)(F)c1ccc(CCc2cnccc2-c2nn[nH]n2)cc1.CC(F)(F)c1ccc(CCc2cnccc2C(=O)O)s1.[C-]#[N+]CC(=O)c1ccncc1CCc1ccc(C(C)(F)F)cc1. The summed E-state index contributed by atoms with van der Waals surface area (Å²) in [5.74, 6) is -9.20. The van der Waals surface area contributed by atoms with Gasteiger partial charge in [-0.1, -0.05) is 56.0 Å². The third-order valence-corrected chi connectivity index (χ3v) is 11.4. The fourth-order valence-corrected chi connectivity index (χ4v) is 7.44. The zero-order valence-electron chi connectivity index (χ0n) is 36.0. The van der Waals surface area contributed by atoms with Crippen LogP contribution in [0.3, 0.4) is 0 Å². The number of H-pyrrole nitrogens is 1. The summed E-state index contributed by atoms with van der Waals surface area (Å²) in [6.45, 7) is 9.24. The molecule has 0 atom stereocenters. The molecular formula is C49H48F6N8O3S. The number of halogens is 6. The lowest BCUT2D eigenvalue weighted by Gasteiger charge is -2.11. The number of alkyl halides is 6. The number of ketones is 1. The van der Waals surface area contributed by atoms with Crippen molar-refractivity contribution < 1.29 is 41.0 Å². The van der Waals surface area contributed by atoms with Gasteiger partial charge in [-0.2, -0.15) is 5.21 Å². The van der Waals surface area contributed by atoms with Crippen LogP contribution >= 0.6 is 11.3 Å². The minimum Gasteiger partial charge on any atom is -0.478 e. The van der Waals surface area contributed by atoms with E-state index in [9.17, 15) is 35.9 Å². The predicted molar refractivity (Wildman–Crippen MR) is 244 cm³/mol. The quantitative estimate of drug-likeness (QED) is 0.0548. The van der Waals surface area contributed by atoms with Crippen LogP contribution in [-0.4, -0.2) is 59.0 Å². The Hall–Kier alpha value is -7.13. The van der Waals surface area contributed by atoms with Gasteiger partial charge < -0.3 is 9.95 Å². The van der Waals surface area contributed by atoms with Gasteiger partial charge >= 0.3 is 5.97 Å². The van der Waals surface area contributed by atoms with Crippen LogP contribution in [0.25, 0.3) is 16.2 Å². The molecule has 5 aromatic heterocycles. The Morgan fingerprint density at radius 2 is 1.13 bits per heavy atom. The van der Waals surface area contributed by atoms with E-state index < -0.39 is 23.7 Å². The monoisotopic (exact) mass is 942 g/mol. The molecule has 0 radical (unpaired) electrons. The minimum atomic E-state index is -2.85. The Morgan fingerprint density at radius 3 is 1.61 bits per heavy atom. The fourth-order valence-electron chi connectivity index (χ4n) is 6.50. The maximum Gasteiger partial charge on any atom is 0.336 e. The van der Waals surface area contributed by atoms with E-state index in [1.165, 1.54) is 55.0 Å². The molecule has 0 aliphatic carbocycles. The van der Waals surface area contributed by atoms with Gasteiger partial charge in [0.05, 0.1) is 10.4 Å². The number of aromatic carboxylic acids is 1. The number of carboxylic acids is 1. The highest BCUT2D eigenvalue weighted by atomic mass is 32.1. The molecule has 0 aliphatic heterocycles. The molecule has 0 bridgehead atoms. The number of aromatic amines is 1. The number of thiophene rings is 1. The number of carbonyl (C=O) groups excluding carboxylic acids is 1. The summed E-state index contributed by atoms with van der Waals surface area (Å²) >= 11 is 1.06. The average molecular weight is 943 g/mol. The lowest BCUT2D eigenvalue weighted by atomic mass is 9.98. The molecule has 0 amide bonds. The van der Waals surface area contributed by atoms with E-state index in [0.717, 1.165) is 64.8 Å². The fraction of sp³-hybridized carbons (Fsp3) is 0.286. The zero-order chi connectivity index (χ0) is 47.9. The molecule has 0 unspecified atom stereocenters. The molecule has 0 saturated carbocycles. The van der Waals surface area contributed by atoms with Crippen LogP contribution in [-0.2, 0) is 56.3 Å². The summed E-state index contributed by atoms with van der Waals surface area (Å²) in [5.41, 5.74) is 5.84. The van der Waals surface area contributed by atoms with Gasteiger partial charge in [0.25, 0.3) is 24.3 Å². The lowest BCUT2D eigenvalue weighted by Crippen LogP contribution is -2.08. The van der Waals surface area contributed by atoms with Gasteiger partial charge in [0, 0.05) is 85.1 Å². The van der Waals surface area contributed by atoms with Gasteiger partial charge in [0.1, 0.15) is 0 Å². The molecule has 350 valence electrons. The number of carboxylic acid groups (broad SMARTS) is 1. The van der Waals surface area contributed by atoms with Crippen molar-refractivity contribution in [2.75, 3.05) is 6.54 Å². The van der Waals surface area contributed by atoms with Crippen molar-refractivity contribution in [3.63, 3.8) is 0 Å². The summed E-state index contributed by atoms with van der Waals surface area (Å²) < 4.78 is 79.0. The first-order valence-electron chi connectivity index (χ1n) is 20.4. The molecule has 7 rings (SSSR count). The van der Waals surface area contributed by atoms with Crippen LogP contribution in [0.15, 0.2) is 116 Å². The number of pyridine rings is 3. The van der Waals surface area contributed by atoms with E-state index >= 15 is 0 Å². The normalized spacial score (nSPS) is 11.2. The number of rotatable bonds is 16. The predicted octanol–water partition coefficient (Wildman–Crippen LogP) is 11.6. The van der Waals surface area contributed by atoms with Crippen molar-refractivity contribution in [3.8, 4) is 11.4 Å². The summed E-state index contributed by atoms with van der Waals surface area (Å²) in [4.78, 5) is 38.9. The molecule has 2 N–H and O–H groups in total. The van der Waals surface area contributed by atoms with Crippen molar-refractivity contribution in [1.29, 1.82) is 0 Å². The topological polar surface area (TPSA) is 152 Å². The van der Waals surface area contributed by atoms with E-state index in [2.05, 4.69) is 40.4 Å². The van der Waals surface area contributed by atoms with Crippen molar-refractivity contribution in [2.24, 2.45) is 0 Å². The maximum atomic E-state index is 13.2. The Kier molecular flexibility index (Phi) is 18.7. The second kappa shape index (κ2) is 23.9. The number of tetrazole rings is 1. The summed E-state index contributed by atoms with van der Waals surface area (Å²) in [6.07, 6.45) is 13.1. The summed E-state index contributed by atoms with van der Waals surface area (Å²) in [7, 11) is 0. The van der Waals surface area contributed by atoms with Crippen LogP contribution in [0.4, 0.5) is 26.3 Å². The average Bonchev–Trinajstić information content (AvgIpc) is 4.02. The standard InChI is InChI=1S/C18H16F2N2O.C16H15F2N5.C14H13F2NO2S.CH4/c1-18(19,20)15-7-4-13(5-8-15)3-6-14-11-22-10-9-16(14)17(23)12-21-2;1-16(17,18)13-6-3-11(4-7-13)2-5-12-10-19-9-8-14(12)15-20-22-23-21-15;1-14(15,16)12-5-4-10(20-12)3-2-9-8-17-7-6-11(9)13(18)19;/h4-5,7-11H,3,6,12H2,1H3;3-4,6-10H,2,5H2,1H3,(H,20,21,22,23);4-8H,2-3H2,1H3,(H,18,19);1H4. The summed E-state index contributed by atoms with van der Waals surface area (Å²) in [5, 5.41) is 23.0. The molecule has 7 aromatic rings. The van der Waals surface area contributed by atoms with Crippen LogP contribution in [0, 0.1) is 6.57 Å². The molecule has 2 aromatic carbocycles. The van der Waals surface area contributed by atoms with E-state index in [-0.39, 0.29) is 41.3 Å². The molecule has 0 spiro atoms. The van der Waals surface area contributed by atoms with Gasteiger partial charge in [-0.25, -0.2) is 37.7 Å². The number of aryl methyl sites for hydroxylation is 6. The third kappa shape index (κ3) is 15.8. The Bertz CT molecular complexity index is 2710. The smallest absolute Gasteiger partial charge is 0.336 e. The molecule has 0 aliphatic rings. The highest BCUT2D eigenvalue weighted by Gasteiger charge is 2.27. The Morgan fingerprint density at radius 1 is 0.642 bits per heavy atom. The first-order chi connectivity index (χ1) is 31.3. The van der Waals surface area contributed by atoms with Gasteiger partial charge in [-0.3, -0.25) is 19.7 Å². The number of Topliss-reactive ketones (excluding diaryl/α,β-unsaturated/α-hetero) is 1. The van der Waals surface area contributed by atoms with Crippen LogP contribution in [0.2, 0.25) is 0 Å². The molecule has 11 nitrogen and oxygen atoms in total. The van der Waals surface area contributed by atoms with Gasteiger partial charge in [-0.15, -0.1) is 21.5 Å². The van der Waals surface area contributed by atoms with Crippen molar-refractivity contribution >= 4 is 23.1 Å². The van der Waals surface area contributed by atoms with E-state index in [0.29, 0.717) is 55.5 Å². The first-order valence-corrected chi connectivity index (χ1v) is 21.2. The molecular weight excluding hydrogens is 895 g/mol. The molecule has 0 fully saturated rings. The largest absolute Gasteiger partial charge is 0.478 e. The highest BCUT2D eigenvalue weighted by molar-refractivity contribution is 7.12. The zero-order valence-corrected chi connectivity index (χ0v) is 36.8. The Labute approximate surface area is 388 Å². The second-order valence-corrected chi connectivity index (χ2v) is 16.4. The maximum absolute atomic E-state index is 13.2. The van der Waals surface area contributed by atoms with Crippen LogP contribution < -0.4 is 0 Å². The molecule has 67 heavy (non-hydrogen) atoms. The summed E-state index contributed by atoms with van der Waals surface area (Å²) in [6, 6.07) is 20.6. The van der Waals surface area contributed by atoms with Crippen molar-refractivity contribution in [2.45, 2.75) is 84.5 Å². The van der Waals surface area contributed by atoms with E-state index in [1.807, 2.05) is 6.07 Å². The van der Waals surface area contributed by atoms with E-state index in [4.69, 9.17) is 11.7 Å². The number of aromatic nitrogens is 7. The van der Waals surface area contributed by atoms with Crippen LogP contribution in [0.1, 0.15) is 97.6 Å². The molecule has 0 saturated heterocycles. The van der Waals surface area contributed by atoms with Gasteiger partial charge in [0.15, 0.2) is 0 Å². The van der Waals surface area contributed by atoms with Gasteiger partial charge in [-0.05, 0) is 102 Å². The van der Waals surface area contributed by atoms with Crippen molar-refractivity contribution in [1.82, 2.24) is 35.6 Å². The number of carbonyl (C=O) groups is 2. The third-order valence-electron chi connectivity index (χ3n) is 10.1. The number of benzene rings is 2. The van der Waals surface area contributed by atoms with Crippen molar-refractivity contribution in [3.05, 3.63) is 187 Å². The van der Waals surface area contributed by atoms with Crippen LogP contribution in [0.5, 0.6) is 0 Å². The number of hydrogen-bond donors (Lipinski definition) is 2. The number of nitrogens with one attached hydrogen (secondary N) is 1.